The Labute approximate surface area is 337 Å². The predicted octanol–water partition coefficient (Wildman–Crippen LogP) is 7.31. The minimum absolute atomic E-state index is 0. The average Bonchev–Trinajstić information content (AvgIpc) is 3.83. The van der Waals surface area contributed by atoms with E-state index < -0.39 is 8.07 Å². The van der Waals surface area contributed by atoms with Gasteiger partial charge >= 0.3 is 41.9 Å². The van der Waals surface area contributed by atoms with Crippen molar-refractivity contribution in [2.75, 3.05) is 0 Å². The molecule has 0 atom stereocenters. The molecule has 1 fully saturated rings. The summed E-state index contributed by atoms with van der Waals surface area (Å²) in [5, 5.41) is 7.08. The molecule has 0 N–H and O–H groups in total. The topological polar surface area (TPSA) is 0 Å². The zero-order valence-electron chi connectivity index (χ0n) is 32.3. The molecule has 0 bridgehead atoms. The van der Waals surface area contributed by atoms with E-state index in [9.17, 15) is 0 Å². The fourth-order valence-corrected chi connectivity index (χ4v) is 8.22. The van der Waals surface area contributed by atoms with E-state index >= 15 is 0 Å². The Morgan fingerprint density at radius 3 is 1.65 bits per heavy atom. The van der Waals surface area contributed by atoms with Gasteiger partial charge in [0, 0.05) is 0 Å². The Morgan fingerprint density at radius 1 is 0.706 bits per heavy atom. The Morgan fingerprint density at radius 2 is 1.18 bits per heavy atom. The van der Waals surface area contributed by atoms with E-state index in [2.05, 4.69) is 170 Å². The Balaban J connectivity index is 0.000000243. The third kappa shape index (κ3) is 11.3. The summed E-state index contributed by atoms with van der Waals surface area (Å²) in [6.07, 6.45) is 6.63. The molecule has 5 heteroatoms. The van der Waals surface area contributed by atoms with Crippen LogP contribution in [0, 0.1) is 0 Å². The van der Waals surface area contributed by atoms with Crippen molar-refractivity contribution in [2.45, 2.75) is 104 Å². The van der Waals surface area contributed by atoms with Gasteiger partial charge in [-0.25, -0.2) is 0 Å². The molecule has 0 aliphatic heterocycles. The Bertz CT molecular complexity index is 1990. The van der Waals surface area contributed by atoms with Crippen LogP contribution >= 0.6 is 0 Å². The second-order valence-corrected chi connectivity index (χ2v) is 30.7. The quantitative estimate of drug-likeness (QED) is 0.127. The molecule has 0 aromatic heterocycles. The van der Waals surface area contributed by atoms with Crippen molar-refractivity contribution in [3.05, 3.63) is 126 Å². The van der Waals surface area contributed by atoms with Crippen molar-refractivity contribution >= 4 is 40.2 Å². The molecule has 6 aromatic rings. The number of halogens is 2. The van der Waals surface area contributed by atoms with Gasteiger partial charge in [0.1, 0.15) is 0 Å². The molecule has 51 heavy (non-hydrogen) atoms. The molecular formula is C46H56Cl2Si2Zr-2. The maximum atomic E-state index is 2.46. The van der Waals surface area contributed by atoms with Crippen molar-refractivity contribution < 1.29 is 48.1 Å². The molecule has 1 saturated carbocycles. The second kappa shape index (κ2) is 18.8. The van der Waals surface area contributed by atoms with Crippen LogP contribution in [0.15, 0.2) is 109 Å². The van der Waals surface area contributed by atoms with Gasteiger partial charge in [0.25, 0.3) is 0 Å². The minimum atomic E-state index is -1.21. The normalized spacial score (nSPS) is 13.1. The fraction of sp³-hybridized carbons (Fsp3) is 0.348. The van der Waals surface area contributed by atoms with Crippen LogP contribution in [0.1, 0.15) is 76.0 Å². The first kappa shape index (κ1) is 43.4. The molecule has 0 spiro atoms. The van der Waals surface area contributed by atoms with Crippen LogP contribution in [0.5, 0.6) is 0 Å². The zero-order valence-corrected chi connectivity index (χ0v) is 38.2. The van der Waals surface area contributed by atoms with Crippen LogP contribution in [0.3, 0.4) is 0 Å². The molecule has 0 unspecified atom stereocenters. The van der Waals surface area contributed by atoms with Crippen LogP contribution in [-0.4, -0.2) is 13.5 Å². The first-order valence-electron chi connectivity index (χ1n) is 18.4. The number of fused-ring (bicyclic) bond motifs is 2. The summed E-state index contributed by atoms with van der Waals surface area (Å²) >= 11 is 1.74. The van der Waals surface area contributed by atoms with Crippen LogP contribution < -0.4 is 30.0 Å². The van der Waals surface area contributed by atoms with Gasteiger partial charge in [0.05, 0.1) is 8.07 Å². The summed E-state index contributed by atoms with van der Waals surface area (Å²) in [4.78, 5) is 0. The number of rotatable bonds is 5. The van der Waals surface area contributed by atoms with E-state index in [0.29, 0.717) is 0 Å². The SMILES string of the molecule is CC(C)(C)c1ccc(-c2cccc3[cH-]c(C4CCCC4)cc23)cc1.CCc1cc2c(-c3ccc([Si](C)(C)C)cc3)cccc2[cH-]1.C[Si](C)=[Zr+2].[Cl-].[Cl-]. The van der Waals surface area contributed by atoms with Crippen molar-refractivity contribution in [3.63, 3.8) is 0 Å². The summed E-state index contributed by atoms with van der Waals surface area (Å²) in [6, 6.07) is 41.3. The molecule has 0 saturated heterocycles. The van der Waals surface area contributed by atoms with Crippen molar-refractivity contribution in [2.24, 2.45) is 0 Å². The van der Waals surface area contributed by atoms with Gasteiger partial charge in [-0.3, -0.25) is 0 Å². The standard InChI is InChI=1S/C24H27.C20H23Si.C2H6Si.2ClH.Zr/c1-24(2,3)21-13-11-18(12-14-21)22-10-6-9-19-15-20(16-23(19)22)17-7-4-5-8-17;1-5-15-13-17-7-6-8-19(20(17)14-15)16-9-11-18(12-10-16)21(2,3)4;1-3-2;;;/h6,9-17H,4-5,7-8H2,1-3H3;6-14H,5H2,1-4H3;1-2H3;2*1H;/q2*-1;;;;+2/p-2. The van der Waals surface area contributed by atoms with Gasteiger partial charge in [-0.15, -0.1) is 69.1 Å². The molecule has 268 valence electrons. The van der Waals surface area contributed by atoms with Gasteiger partial charge in [-0.2, -0.15) is 12.1 Å². The summed E-state index contributed by atoms with van der Waals surface area (Å²) < 4.78 is 0. The largest absolute Gasteiger partial charge is 1.00 e. The fourth-order valence-electron chi connectivity index (χ4n) is 7.06. The Kier molecular flexibility index (Phi) is 16.0. The number of benzene rings is 4. The summed E-state index contributed by atoms with van der Waals surface area (Å²) in [6.45, 7) is 20.8. The molecule has 0 nitrogen and oxygen atoms in total. The second-order valence-electron chi connectivity index (χ2n) is 16.3. The number of hydrogen-bond acceptors (Lipinski definition) is 0. The third-order valence-corrected chi connectivity index (χ3v) is 12.0. The molecular weight excluding hydrogens is 771 g/mol. The molecule has 7 rings (SSSR count). The molecule has 0 heterocycles. The van der Waals surface area contributed by atoms with E-state index in [0.717, 1.165) is 12.3 Å². The molecule has 1 aliphatic rings. The maximum Gasteiger partial charge on any atom is -1.00 e. The smallest absolute Gasteiger partial charge is 1.00 e. The summed E-state index contributed by atoms with van der Waals surface area (Å²) in [7, 11) is -1.21. The van der Waals surface area contributed by atoms with E-state index in [1.807, 2.05) is 0 Å². The van der Waals surface area contributed by atoms with Crippen LogP contribution in [0.25, 0.3) is 43.8 Å². The van der Waals surface area contributed by atoms with E-state index in [-0.39, 0.29) is 35.7 Å². The molecule has 1 aliphatic carbocycles. The maximum absolute atomic E-state index is 2.46. The van der Waals surface area contributed by atoms with E-state index in [1.165, 1.54) is 85.8 Å². The molecule has 0 amide bonds. The first-order valence-corrected chi connectivity index (χ1v) is 28.0. The summed E-state index contributed by atoms with van der Waals surface area (Å²) in [5.74, 6) is 0.786. The van der Waals surface area contributed by atoms with Gasteiger partial charge in [-0.05, 0) is 47.3 Å². The summed E-state index contributed by atoms with van der Waals surface area (Å²) in [5.41, 5.74) is 10.2. The van der Waals surface area contributed by atoms with Crippen molar-refractivity contribution in [3.8, 4) is 22.3 Å². The molecule has 6 aromatic carbocycles. The van der Waals surface area contributed by atoms with Gasteiger partial charge in [-0.1, -0.05) is 137 Å². The van der Waals surface area contributed by atoms with Gasteiger partial charge < -0.3 is 24.8 Å². The minimum Gasteiger partial charge on any atom is -1.00 e. The monoisotopic (exact) mass is 824 g/mol. The predicted molar refractivity (Wildman–Crippen MR) is 220 cm³/mol. The first-order chi connectivity index (χ1) is 23.2. The van der Waals surface area contributed by atoms with E-state index in [1.54, 1.807) is 28.9 Å². The van der Waals surface area contributed by atoms with Crippen molar-refractivity contribution in [1.82, 2.24) is 0 Å². The van der Waals surface area contributed by atoms with E-state index in [4.69, 9.17) is 0 Å². The molecule has 0 radical (unpaired) electrons. The zero-order chi connectivity index (χ0) is 35.3. The van der Waals surface area contributed by atoms with Crippen molar-refractivity contribution in [1.29, 1.82) is 0 Å². The average molecular weight is 827 g/mol. The third-order valence-electron chi connectivity index (χ3n) is 9.94. The number of hydrogen-bond donors (Lipinski definition) is 0. The van der Waals surface area contributed by atoms with Crippen LogP contribution in [0.2, 0.25) is 32.7 Å². The number of aryl methyl sites for hydroxylation is 1. The van der Waals surface area contributed by atoms with Gasteiger partial charge in [0.15, 0.2) is 0 Å². The van der Waals surface area contributed by atoms with Gasteiger partial charge in [0.2, 0.25) is 0 Å². The van der Waals surface area contributed by atoms with Crippen LogP contribution in [0.4, 0.5) is 0 Å². The Hall–Kier alpha value is -2.00. The van der Waals surface area contributed by atoms with Crippen LogP contribution in [-0.2, 0) is 35.2 Å².